The van der Waals surface area contributed by atoms with Gasteiger partial charge in [-0.05, 0) is 37.4 Å². The van der Waals surface area contributed by atoms with Gasteiger partial charge in [0.2, 0.25) is 0 Å². The molecule has 1 aliphatic rings. The number of para-hydroxylation sites is 1. The Kier molecular flexibility index (Phi) is 4.43. The van der Waals surface area contributed by atoms with Crippen molar-refractivity contribution in [3.63, 3.8) is 0 Å². The van der Waals surface area contributed by atoms with Crippen molar-refractivity contribution in [1.29, 1.82) is 0 Å². The first-order valence-electron chi connectivity index (χ1n) is 6.92. The first-order chi connectivity index (χ1) is 8.36. The molecule has 1 saturated carbocycles. The highest BCUT2D eigenvalue weighted by Gasteiger charge is 2.29. The van der Waals surface area contributed by atoms with E-state index in [4.69, 9.17) is 0 Å². The summed E-state index contributed by atoms with van der Waals surface area (Å²) in [6, 6.07) is 9.64. The van der Waals surface area contributed by atoms with Crippen molar-refractivity contribution in [3.8, 4) is 0 Å². The van der Waals surface area contributed by atoms with Crippen LogP contribution in [-0.4, -0.2) is 19.1 Å². The van der Waals surface area contributed by atoms with Crippen LogP contribution in [-0.2, 0) is 6.54 Å². The molecule has 0 atom stereocenters. The Morgan fingerprint density at radius 3 is 2.65 bits per heavy atom. The third kappa shape index (κ3) is 3.22. The second kappa shape index (κ2) is 6.06. The largest absolute Gasteiger partial charge is 0.368 e. The number of hydrogen-bond donors (Lipinski definition) is 1. The maximum Gasteiger partial charge on any atom is 0.0414 e. The molecular formula is C15H24N2. The summed E-state index contributed by atoms with van der Waals surface area (Å²) in [5.74, 6) is 0. The zero-order chi connectivity index (χ0) is 12.1. The summed E-state index contributed by atoms with van der Waals surface area (Å²) in [7, 11) is 0. The Balaban J connectivity index is 2.15. The normalized spacial score (nSPS) is 14.9. The molecule has 0 aromatic heterocycles. The fourth-order valence-corrected chi connectivity index (χ4v) is 2.33. The zero-order valence-corrected chi connectivity index (χ0v) is 11.1. The molecule has 1 fully saturated rings. The van der Waals surface area contributed by atoms with Gasteiger partial charge in [0.05, 0.1) is 0 Å². The number of anilines is 1. The average Bonchev–Trinajstić information content (AvgIpc) is 3.18. The van der Waals surface area contributed by atoms with Crippen molar-refractivity contribution in [1.82, 2.24) is 5.32 Å². The maximum atomic E-state index is 3.43. The van der Waals surface area contributed by atoms with Gasteiger partial charge in [0.15, 0.2) is 0 Å². The first kappa shape index (κ1) is 12.4. The van der Waals surface area contributed by atoms with Gasteiger partial charge in [-0.1, -0.05) is 32.0 Å². The molecule has 0 unspecified atom stereocenters. The summed E-state index contributed by atoms with van der Waals surface area (Å²) >= 11 is 0. The van der Waals surface area contributed by atoms with E-state index < -0.39 is 0 Å². The summed E-state index contributed by atoms with van der Waals surface area (Å²) in [4.78, 5) is 2.60. The van der Waals surface area contributed by atoms with Crippen LogP contribution >= 0.6 is 0 Å². The molecule has 17 heavy (non-hydrogen) atoms. The van der Waals surface area contributed by atoms with Crippen LogP contribution in [0, 0.1) is 0 Å². The Bertz CT molecular complexity index is 345. The van der Waals surface area contributed by atoms with Gasteiger partial charge in [0, 0.05) is 24.8 Å². The number of hydrogen-bond acceptors (Lipinski definition) is 2. The van der Waals surface area contributed by atoms with E-state index in [1.165, 1.54) is 37.1 Å². The monoisotopic (exact) mass is 232 g/mol. The lowest BCUT2D eigenvalue weighted by atomic mass is 10.1. The lowest BCUT2D eigenvalue weighted by Gasteiger charge is -2.26. The van der Waals surface area contributed by atoms with Crippen LogP contribution in [0.3, 0.4) is 0 Å². The molecule has 2 heteroatoms. The van der Waals surface area contributed by atoms with Gasteiger partial charge in [0.25, 0.3) is 0 Å². The van der Waals surface area contributed by atoms with Gasteiger partial charge >= 0.3 is 0 Å². The van der Waals surface area contributed by atoms with Crippen molar-refractivity contribution in [2.24, 2.45) is 0 Å². The van der Waals surface area contributed by atoms with Gasteiger partial charge in [-0.3, -0.25) is 0 Å². The van der Waals surface area contributed by atoms with Crippen molar-refractivity contribution in [2.75, 3.05) is 18.0 Å². The van der Waals surface area contributed by atoms with E-state index in [1.54, 1.807) is 0 Å². The van der Waals surface area contributed by atoms with E-state index in [2.05, 4.69) is 48.3 Å². The summed E-state index contributed by atoms with van der Waals surface area (Å²) in [5.41, 5.74) is 2.88. The Morgan fingerprint density at radius 2 is 2.00 bits per heavy atom. The van der Waals surface area contributed by atoms with Crippen LogP contribution in [0.15, 0.2) is 24.3 Å². The molecule has 1 N–H and O–H groups in total. The SMILES string of the molecule is CCCN(c1ccccc1CNCC)C1CC1. The van der Waals surface area contributed by atoms with E-state index in [-0.39, 0.29) is 0 Å². The molecule has 1 aromatic carbocycles. The zero-order valence-electron chi connectivity index (χ0n) is 11.1. The molecule has 0 aliphatic heterocycles. The van der Waals surface area contributed by atoms with Crippen molar-refractivity contribution in [3.05, 3.63) is 29.8 Å². The summed E-state index contributed by atoms with van der Waals surface area (Å²) < 4.78 is 0. The Hall–Kier alpha value is -1.02. The van der Waals surface area contributed by atoms with Gasteiger partial charge in [-0.25, -0.2) is 0 Å². The number of nitrogens with one attached hydrogen (secondary N) is 1. The minimum Gasteiger partial charge on any atom is -0.368 e. The van der Waals surface area contributed by atoms with E-state index in [0.717, 1.165) is 19.1 Å². The third-order valence-corrected chi connectivity index (χ3v) is 3.32. The van der Waals surface area contributed by atoms with Gasteiger partial charge in [-0.2, -0.15) is 0 Å². The molecular weight excluding hydrogens is 208 g/mol. The smallest absolute Gasteiger partial charge is 0.0414 e. The minimum atomic E-state index is 0.803. The lowest BCUT2D eigenvalue weighted by Crippen LogP contribution is -2.28. The fraction of sp³-hybridized carbons (Fsp3) is 0.600. The van der Waals surface area contributed by atoms with Crippen molar-refractivity contribution < 1.29 is 0 Å². The molecule has 94 valence electrons. The predicted octanol–water partition coefficient (Wildman–Crippen LogP) is 3.17. The van der Waals surface area contributed by atoms with E-state index >= 15 is 0 Å². The molecule has 0 bridgehead atoms. The van der Waals surface area contributed by atoms with Crippen LogP contribution in [0.2, 0.25) is 0 Å². The fourth-order valence-electron chi connectivity index (χ4n) is 2.33. The predicted molar refractivity (Wildman–Crippen MR) is 74.5 cm³/mol. The van der Waals surface area contributed by atoms with Gasteiger partial charge in [-0.15, -0.1) is 0 Å². The standard InChI is InChI=1S/C15H24N2/c1-3-11-17(14-9-10-14)15-8-6-5-7-13(15)12-16-4-2/h5-8,14,16H,3-4,9-12H2,1-2H3. The summed E-state index contributed by atoms with van der Waals surface area (Å²) in [6.45, 7) is 7.63. The van der Waals surface area contributed by atoms with E-state index in [0.29, 0.717) is 0 Å². The molecule has 2 rings (SSSR count). The highest BCUT2D eigenvalue weighted by atomic mass is 15.2. The molecule has 1 aromatic rings. The lowest BCUT2D eigenvalue weighted by molar-refractivity contribution is 0.710. The highest BCUT2D eigenvalue weighted by molar-refractivity contribution is 5.55. The number of benzene rings is 1. The molecule has 0 amide bonds. The minimum absolute atomic E-state index is 0.803. The van der Waals surface area contributed by atoms with Gasteiger partial charge in [0.1, 0.15) is 0 Å². The molecule has 0 heterocycles. The molecule has 1 aliphatic carbocycles. The molecule has 0 saturated heterocycles. The van der Waals surface area contributed by atoms with Gasteiger partial charge < -0.3 is 10.2 Å². The summed E-state index contributed by atoms with van der Waals surface area (Å²) in [6.07, 6.45) is 3.97. The Morgan fingerprint density at radius 1 is 1.24 bits per heavy atom. The van der Waals surface area contributed by atoms with Crippen molar-refractivity contribution in [2.45, 2.75) is 45.7 Å². The van der Waals surface area contributed by atoms with Crippen LogP contribution in [0.5, 0.6) is 0 Å². The van der Waals surface area contributed by atoms with E-state index in [9.17, 15) is 0 Å². The van der Waals surface area contributed by atoms with Crippen LogP contribution < -0.4 is 10.2 Å². The van der Waals surface area contributed by atoms with E-state index in [1.807, 2.05) is 0 Å². The summed E-state index contributed by atoms with van der Waals surface area (Å²) in [5, 5.41) is 3.43. The van der Waals surface area contributed by atoms with Crippen LogP contribution in [0.25, 0.3) is 0 Å². The van der Waals surface area contributed by atoms with Crippen LogP contribution in [0.1, 0.15) is 38.7 Å². The Labute approximate surface area is 105 Å². The number of nitrogens with zero attached hydrogens (tertiary/aromatic N) is 1. The second-order valence-electron chi connectivity index (χ2n) is 4.83. The average molecular weight is 232 g/mol. The highest BCUT2D eigenvalue weighted by Crippen LogP contribution is 2.33. The second-order valence-corrected chi connectivity index (χ2v) is 4.83. The molecule has 0 radical (unpaired) electrons. The first-order valence-corrected chi connectivity index (χ1v) is 6.92. The quantitative estimate of drug-likeness (QED) is 0.777. The number of rotatable bonds is 7. The maximum absolute atomic E-state index is 3.43. The molecule has 0 spiro atoms. The van der Waals surface area contributed by atoms with Crippen molar-refractivity contribution >= 4 is 5.69 Å². The molecule has 2 nitrogen and oxygen atoms in total. The van der Waals surface area contributed by atoms with Crippen LogP contribution in [0.4, 0.5) is 5.69 Å². The topological polar surface area (TPSA) is 15.3 Å². The third-order valence-electron chi connectivity index (χ3n) is 3.32.